The number of rotatable bonds is 9. The number of hydrogen-bond donors (Lipinski definition) is 4. The molecule has 0 saturated carbocycles. The number of carbonyl (C=O) groups excluding carboxylic acids is 3. The average molecular weight is 531 g/mol. The maximum atomic E-state index is 13.6. The number of esters is 1. The van der Waals surface area contributed by atoms with Gasteiger partial charge < -0.3 is 30.3 Å². The van der Waals surface area contributed by atoms with Crippen LogP contribution < -0.4 is 10.6 Å². The lowest BCUT2D eigenvalue weighted by molar-refractivity contribution is -0.135. The van der Waals surface area contributed by atoms with Gasteiger partial charge in [0.15, 0.2) is 5.76 Å². The Morgan fingerprint density at radius 2 is 2.00 bits per heavy atom. The van der Waals surface area contributed by atoms with Crippen LogP contribution in [0.15, 0.2) is 58.4 Å². The van der Waals surface area contributed by atoms with Gasteiger partial charge in [0, 0.05) is 23.5 Å². The van der Waals surface area contributed by atoms with Crippen molar-refractivity contribution >= 4 is 17.8 Å². The summed E-state index contributed by atoms with van der Waals surface area (Å²) in [6, 6.07) is 0. The molecule has 2 aliphatic heterocycles. The number of methoxy groups -OCH3 is 1. The van der Waals surface area contributed by atoms with Crippen LogP contribution in [-0.2, 0) is 23.9 Å². The van der Waals surface area contributed by atoms with Crippen molar-refractivity contribution in [3.63, 3.8) is 0 Å². The first kappa shape index (κ1) is 30.9. The van der Waals surface area contributed by atoms with Gasteiger partial charge in [-0.1, -0.05) is 46.3 Å². The summed E-state index contributed by atoms with van der Waals surface area (Å²) in [6.07, 6.45) is 8.33. The highest BCUT2D eigenvalue weighted by atomic mass is 16.5. The lowest BCUT2D eigenvalue weighted by Crippen LogP contribution is -2.41. The average Bonchev–Trinajstić information content (AvgIpc) is 3.24. The second kappa shape index (κ2) is 13.5. The maximum Gasteiger partial charge on any atom is 0.330 e. The highest BCUT2D eigenvalue weighted by Crippen LogP contribution is 2.33. The van der Waals surface area contributed by atoms with Gasteiger partial charge in [-0.25, -0.2) is 4.79 Å². The molecule has 0 aromatic heterocycles. The number of nitrogens with one attached hydrogen (secondary N) is 2. The number of amides is 2. The van der Waals surface area contributed by atoms with E-state index < -0.39 is 17.3 Å². The Hall–Kier alpha value is -3.33. The fourth-order valence-corrected chi connectivity index (χ4v) is 4.21. The van der Waals surface area contributed by atoms with Crippen LogP contribution in [0.2, 0.25) is 0 Å². The van der Waals surface area contributed by atoms with Gasteiger partial charge in [-0.15, -0.1) is 0 Å². The Kier molecular flexibility index (Phi) is 10.9. The summed E-state index contributed by atoms with van der Waals surface area (Å²) in [5.41, 5.74) is 1.15. The number of carbonyl (C=O) groups is 3. The van der Waals surface area contributed by atoms with Gasteiger partial charge in [-0.05, 0) is 55.7 Å². The number of aliphatic hydroxyl groups excluding tert-OH is 2. The quantitative estimate of drug-likeness (QED) is 0.200. The molecule has 0 radical (unpaired) electrons. The first-order chi connectivity index (χ1) is 17.8. The highest BCUT2D eigenvalue weighted by Gasteiger charge is 2.31. The molecule has 2 heterocycles. The minimum Gasteiger partial charge on any atom is -0.509 e. The SMILES string of the molecule is CCC(C/C=C(/C=C/C(=O)OC)C1=C(C)C(C)CC=C(NC(=O)C(C)(C)C)NC1=O)[C@H]1CC(O)=C(CO)O1. The fourth-order valence-electron chi connectivity index (χ4n) is 4.21. The number of allylic oxidation sites excluding steroid dienone is 4. The largest absolute Gasteiger partial charge is 0.509 e. The molecule has 9 heteroatoms. The number of ether oxygens (including phenoxy) is 2. The van der Waals surface area contributed by atoms with E-state index in [9.17, 15) is 24.6 Å². The minimum absolute atomic E-state index is 0.0130. The summed E-state index contributed by atoms with van der Waals surface area (Å²) in [5, 5.41) is 25.1. The summed E-state index contributed by atoms with van der Waals surface area (Å²) in [7, 11) is 1.28. The van der Waals surface area contributed by atoms with E-state index in [1.165, 1.54) is 13.2 Å². The van der Waals surface area contributed by atoms with E-state index in [-0.39, 0.29) is 42.0 Å². The van der Waals surface area contributed by atoms with E-state index in [0.29, 0.717) is 36.2 Å². The predicted molar refractivity (Wildman–Crippen MR) is 144 cm³/mol. The van der Waals surface area contributed by atoms with Crippen molar-refractivity contribution in [2.24, 2.45) is 17.3 Å². The summed E-state index contributed by atoms with van der Waals surface area (Å²) in [4.78, 5) is 38.1. The predicted octanol–water partition coefficient (Wildman–Crippen LogP) is 4.09. The van der Waals surface area contributed by atoms with E-state index in [4.69, 9.17) is 9.47 Å². The van der Waals surface area contributed by atoms with Crippen LogP contribution in [0.4, 0.5) is 0 Å². The molecule has 2 aliphatic rings. The van der Waals surface area contributed by atoms with Gasteiger partial charge in [0.1, 0.15) is 24.3 Å². The van der Waals surface area contributed by atoms with Crippen molar-refractivity contribution in [2.75, 3.05) is 13.7 Å². The summed E-state index contributed by atoms with van der Waals surface area (Å²) < 4.78 is 10.5. The Balaban J connectivity index is 2.42. The summed E-state index contributed by atoms with van der Waals surface area (Å²) >= 11 is 0. The highest BCUT2D eigenvalue weighted by molar-refractivity contribution is 6.01. The van der Waals surface area contributed by atoms with Crippen molar-refractivity contribution in [2.45, 2.75) is 73.3 Å². The zero-order chi connectivity index (χ0) is 28.6. The van der Waals surface area contributed by atoms with Crippen LogP contribution in [0.1, 0.15) is 67.2 Å². The van der Waals surface area contributed by atoms with E-state index in [0.717, 1.165) is 12.0 Å². The third-order valence-electron chi connectivity index (χ3n) is 6.95. The molecule has 0 aliphatic carbocycles. The van der Waals surface area contributed by atoms with E-state index in [1.807, 2.05) is 32.9 Å². The molecule has 2 rings (SSSR count). The Morgan fingerprint density at radius 3 is 2.55 bits per heavy atom. The minimum atomic E-state index is -0.640. The molecule has 2 amide bonds. The third kappa shape index (κ3) is 8.08. The molecule has 9 nitrogen and oxygen atoms in total. The van der Waals surface area contributed by atoms with E-state index >= 15 is 0 Å². The van der Waals surface area contributed by atoms with Crippen molar-refractivity contribution in [1.82, 2.24) is 10.6 Å². The van der Waals surface area contributed by atoms with Gasteiger partial charge in [0.2, 0.25) is 5.91 Å². The Labute approximate surface area is 225 Å². The number of hydrogen-bond acceptors (Lipinski definition) is 7. The molecule has 38 heavy (non-hydrogen) atoms. The molecule has 2 unspecified atom stereocenters. The molecule has 0 aromatic carbocycles. The van der Waals surface area contributed by atoms with Crippen molar-refractivity contribution in [3.8, 4) is 0 Å². The Morgan fingerprint density at radius 1 is 1.32 bits per heavy atom. The normalized spacial score (nSPS) is 21.9. The van der Waals surface area contributed by atoms with Crippen molar-refractivity contribution < 1.29 is 34.1 Å². The molecular formula is C29H42N2O7. The van der Waals surface area contributed by atoms with Crippen molar-refractivity contribution in [1.29, 1.82) is 0 Å². The lowest BCUT2D eigenvalue weighted by Gasteiger charge is -2.25. The van der Waals surface area contributed by atoms with Gasteiger partial charge >= 0.3 is 5.97 Å². The Bertz CT molecular complexity index is 1070. The molecule has 210 valence electrons. The van der Waals surface area contributed by atoms with Gasteiger partial charge in [-0.3, -0.25) is 9.59 Å². The second-order valence-corrected chi connectivity index (χ2v) is 10.8. The molecular weight excluding hydrogens is 488 g/mol. The van der Waals surface area contributed by atoms with Gasteiger partial charge in [0.25, 0.3) is 5.91 Å². The van der Waals surface area contributed by atoms with Gasteiger partial charge in [-0.2, -0.15) is 0 Å². The zero-order valence-electron chi connectivity index (χ0n) is 23.5. The van der Waals surface area contributed by atoms with E-state index in [2.05, 4.69) is 10.6 Å². The zero-order valence-corrected chi connectivity index (χ0v) is 23.5. The third-order valence-corrected chi connectivity index (χ3v) is 6.95. The monoisotopic (exact) mass is 530 g/mol. The molecule has 0 fully saturated rings. The van der Waals surface area contributed by atoms with Crippen LogP contribution in [-0.4, -0.2) is 47.8 Å². The molecule has 0 aromatic rings. The van der Waals surface area contributed by atoms with E-state index in [1.54, 1.807) is 26.8 Å². The van der Waals surface area contributed by atoms with Crippen LogP contribution in [0.25, 0.3) is 0 Å². The smallest absolute Gasteiger partial charge is 0.330 e. The van der Waals surface area contributed by atoms with Crippen molar-refractivity contribution in [3.05, 3.63) is 58.4 Å². The summed E-state index contributed by atoms with van der Waals surface area (Å²) in [5.74, 6) is -0.642. The van der Waals surface area contributed by atoms with Crippen LogP contribution >= 0.6 is 0 Å². The summed E-state index contributed by atoms with van der Waals surface area (Å²) in [6.45, 7) is 10.9. The first-order valence-corrected chi connectivity index (χ1v) is 13.0. The first-order valence-electron chi connectivity index (χ1n) is 13.0. The van der Waals surface area contributed by atoms with Crippen LogP contribution in [0.5, 0.6) is 0 Å². The topological polar surface area (TPSA) is 134 Å². The lowest BCUT2D eigenvalue weighted by atomic mass is 9.86. The molecule has 0 spiro atoms. The standard InChI is InChI=1S/C29H42N2O7/c1-8-19(22-15-21(33)23(16-32)38-22)10-11-20(12-14-25(34)37-7)26-18(3)17(2)9-13-24(30-27(26)35)31-28(36)29(4,5)6/h11-14,17,19,22,32-33H,8-10,15-16H2,1-7H3,(H,30,35)(H,31,36)/b14-12+,20-11-,24-13?,26-18?/t17?,19?,22-/m1/s1. The fraction of sp³-hybridized carbons (Fsp3) is 0.552. The second-order valence-electron chi connectivity index (χ2n) is 10.8. The molecule has 4 N–H and O–H groups in total. The molecule has 0 bridgehead atoms. The molecule has 3 atom stereocenters. The van der Waals surface area contributed by atoms with Crippen LogP contribution in [0.3, 0.4) is 0 Å². The molecule has 0 saturated heterocycles. The van der Waals surface area contributed by atoms with Crippen LogP contribution in [0, 0.1) is 17.3 Å². The van der Waals surface area contributed by atoms with Gasteiger partial charge in [0.05, 0.1) is 7.11 Å². The number of aliphatic hydroxyl groups is 2. The maximum absolute atomic E-state index is 13.6.